The number of rotatable bonds is 4. The Morgan fingerprint density at radius 1 is 1.14 bits per heavy atom. The van der Waals surface area contributed by atoms with E-state index >= 15 is 0 Å². The SMILES string of the molecule is Cc1sc2nc3n(C4CCCCC4)c(NCc4ccccc4)nn3c(=O)c2c1C. The normalized spacial score (nSPS) is 15.4. The van der Waals surface area contributed by atoms with E-state index in [0.717, 1.165) is 34.1 Å². The first-order chi connectivity index (χ1) is 14.1. The number of nitrogens with zero attached hydrogens (tertiary/aromatic N) is 4. The van der Waals surface area contributed by atoms with Crippen molar-refractivity contribution in [2.24, 2.45) is 0 Å². The van der Waals surface area contributed by atoms with E-state index in [1.807, 2.05) is 32.0 Å². The fraction of sp³-hybridized carbons (Fsp3) is 0.409. The number of thiophene rings is 1. The van der Waals surface area contributed by atoms with Gasteiger partial charge in [0.2, 0.25) is 11.7 Å². The molecule has 150 valence electrons. The number of hydrogen-bond acceptors (Lipinski definition) is 5. The zero-order valence-corrected chi connectivity index (χ0v) is 17.6. The van der Waals surface area contributed by atoms with E-state index in [2.05, 4.69) is 22.0 Å². The molecular formula is C22H25N5OS. The molecule has 0 atom stereocenters. The van der Waals surface area contributed by atoms with Crippen LogP contribution in [0.15, 0.2) is 35.1 Å². The predicted octanol–water partition coefficient (Wildman–Crippen LogP) is 4.84. The van der Waals surface area contributed by atoms with Crippen molar-refractivity contribution in [1.29, 1.82) is 0 Å². The summed E-state index contributed by atoms with van der Waals surface area (Å²) in [6.07, 6.45) is 5.88. The highest BCUT2D eigenvalue weighted by atomic mass is 32.1. The summed E-state index contributed by atoms with van der Waals surface area (Å²) in [5, 5.41) is 8.87. The molecule has 3 heterocycles. The van der Waals surface area contributed by atoms with Gasteiger partial charge in [-0.2, -0.15) is 4.52 Å². The van der Waals surface area contributed by atoms with E-state index in [0.29, 0.717) is 23.8 Å². The molecule has 1 aliphatic rings. The zero-order chi connectivity index (χ0) is 20.0. The van der Waals surface area contributed by atoms with Crippen molar-refractivity contribution < 1.29 is 0 Å². The van der Waals surface area contributed by atoms with Crippen molar-refractivity contribution in [2.75, 3.05) is 5.32 Å². The van der Waals surface area contributed by atoms with Crippen LogP contribution in [0.3, 0.4) is 0 Å². The first kappa shape index (κ1) is 18.4. The highest BCUT2D eigenvalue weighted by Crippen LogP contribution is 2.33. The minimum absolute atomic E-state index is 0.0656. The number of hydrogen-bond donors (Lipinski definition) is 1. The molecule has 1 aliphatic carbocycles. The summed E-state index contributed by atoms with van der Waals surface area (Å²) in [6, 6.07) is 10.6. The van der Waals surface area contributed by atoms with E-state index in [1.54, 1.807) is 11.3 Å². The Balaban J connectivity index is 1.67. The maximum absolute atomic E-state index is 13.3. The molecule has 1 N–H and O–H groups in total. The van der Waals surface area contributed by atoms with Gasteiger partial charge >= 0.3 is 0 Å². The molecule has 3 aromatic heterocycles. The van der Waals surface area contributed by atoms with Gasteiger partial charge in [0.1, 0.15) is 4.83 Å². The molecule has 4 aromatic rings. The zero-order valence-electron chi connectivity index (χ0n) is 16.8. The summed E-state index contributed by atoms with van der Waals surface area (Å²) >= 11 is 1.60. The summed E-state index contributed by atoms with van der Waals surface area (Å²) in [5.74, 6) is 1.39. The van der Waals surface area contributed by atoms with Crippen LogP contribution in [0, 0.1) is 13.8 Å². The summed E-state index contributed by atoms with van der Waals surface area (Å²) in [6.45, 7) is 4.71. The van der Waals surface area contributed by atoms with Crippen LogP contribution in [0.25, 0.3) is 16.0 Å². The topological polar surface area (TPSA) is 64.2 Å². The predicted molar refractivity (Wildman–Crippen MR) is 118 cm³/mol. The Bertz CT molecular complexity index is 1230. The molecule has 1 aromatic carbocycles. The van der Waals surface area contributed by atoms with Crippen LogP contribution in [0.5, 0.6) is 0 Å². The van der Waals surface area contributed by atoms with Crippen LogP contribution in [0.4, 0.5) is 5.95 Å². The number of anilines is 1. The van der Waals surface area contributed by atoms with Crippen molar-refractivity contribution in [2.45, 2.75) is 58.5 Å². The third kappa shape index (κ3) is 3.13. The van der Waals surface area contributed by atoms with Gasteiger partial charge in [0.25, 0.3) is 5.56 Å². The summed E-state index contributed by atoms with van der Waals surface area (Å²) in [4.78, 5) is 20.1. The first-order valence-electron chi connectivity index (χ1n) is 10.3. The molecule has 7 heteroatoms. The quantitative estimate of drug-likeness (QED) is 0.526. The standard InChI is InChI=1S/C22H25N5OS/c1-14-15(2)29-19-18(14)20(28)27-22(24-19)26(17-11-7-4-8-12-17)21(25-27)23-13-16-9-5-3-6-10-16/h3,5-6,9-10,17H,4,7-8,11-13H2,1-2H3,(H,23,25). The fourth-order valence-electron chi connectivity index (χ4n) is 4.33. The lowest BCUT2D eigenvalue weighted by molar-refractivity contribution is 0.360. The molecule has 1 fully saturated rings. The molecule has 0 aliphatic heterocycles. The van der Waals surface area contributed by atoms with Gasteiger partial charge in [-0.25, -0.2) is 4.98 Å². The molecule has 5 rings (SSSR count). The molecule has 0 bridgehead atoms. The van der Waals surface area contributed by atoms with Crippen molar-refractivity contribution in [1.82, 2.24) is 19.2 Å². The monoisotopic (exact) mass is 407 g/mol. The molecule has 29 heavy (non-hydrogen) atoms. The second-order valence-electron chi connectivity index (χ2n) is 7.92. The first-order valence-corrected chi connectivity index (χ1v) is 11.1. The lowest BCUT2D eigenvalue weighted by Crippen LogP contribution is -2.19. The molecule has 0 unspecified atom stereocenters. The minimum Gasteiger partial charge on any atom is -0.350 e. The molecule has 0 amide bonds. The number of nitrogens with one attached hydrogen (secondary N) is 1. The number of aromatic nitrogens is 4. The summed E-state index contributed by atoms with van der Waals surface area (Å²) in [5.41, 5.74) is 2.13. The number of fused-ring (bicyclic) bond motifs is 2. The van der Waals surface area contributed by atoms with Crippen LogP contribution < -0.4 is 10.9 Å². The highest BCUT2D eigenvalue weighted by molar-refractivity contribution is 7.18. The average molecular weight is 408 g/mol. The largest absolute Gasteiger partial charge is 0.350 e. The lowest BCUT2D eigenvalue weighted by Gasteiger charge is -2.24. The Hall–Kier alpha value is -2.67. The second kappa shape index (κ2) is 7.30. The fourth-order valence-corrected chi connectivity index (χ4v) is 5.35. The molecule has 0 saturated heterocycles. The van der Waals surface area contributed by atoms with Crippen molar-refractivity contribution in [3.05, 3.63) is 56.7 Å². The van der Waals surface area contributed by atoms with Crippen molar-refractivity contribution >= 4 is 33.3 Å². The van der Waals surface area contributed by atoms with Gasteiger partial charge < -0.3 is 5.32 Å². The van der Waals surface area contributed by atoms with E-state index in [4.69, 9.17) is 10.1 Å². The molecule has 1 saturated carbocycles. The van der Waals surface area contributed by atoms with Gasteiger partial charge in [-0.05, 0) is 37.8 Å². The van der Waals surface area contributed by atoms with Crippen molar-refractivity contribution in [3.63, 3.8) is 0 Å². The third-order valence-electron chi connectivity index (χ3n) is 6.04. The highest BCUT2D eigenvalue weighted by Gasteiger charge is 2.25. The van der Waals surface area contributed by atoms with E-state index in [9.17, 15) is 4.79 Å². The Morgan fingerprint density at radius 3 is 2.66 bits per heavy atom. The average Bonchev–Trinajstić information content (AvgIpc) is 3.25. The molecule has 6 nitrogen and oxygen atoms in total. The van der Waals surface area contributed by atoms with Crippen LogP contribution in [0.1, 0.15) is 54.1 Å². The smallest absolute Gasteiger partial charge is 0.284 e. The van der Waals surface area contributed by atoms with Gasteiger partial charge in [0.05, 0.1) is 5.39 Å². The van der Waals surface area contributed by atoms with Crippen molar-refractivity contribution in [3.8, 4) is 0 Å². The van der Waals surface area contributed by atoms with Gasteiger partial charge in [0, 0.05) is 17.5 Å². The second-order valence-corrected chi connectivity index (χ2v) is 9.12. The van der Waals surface area contributed by atoms with E-state index < -0.39 is 0 Å². The number of aryl methyl sites for hydroxylation is 2. The third-order valence-corrected chi connectivity index (χ3v) is 7.14. The summed E-state index contributed by atoms with van der Waals surface area (Å²) < 4.78 is 3.68. The Morgan fingerprint density at radius 2 is 1.90 bits per heavy atom. The minimum atomic E-state index is -0.0656. The lowest BCUT2D eigenvalue weighted by atomic mass is 9.95. The van der Waals surface area contributed by atoms with Crippen LogP contribution in [-0.2, 0) is 6.54 Å². The Kier molecular flexibility index (Phi) is 4.62. The van der Waals surface area contributed by atoms with Gasteiger partial charge in [-0.3, -0.25) is 9.36 Å². The maximum atomic E-state index is 13.3. The van der Waals surface area contributed by atoms with Crippen LogP contribution >= 0.6 is 11.3 Å². The summed E-state index contributed by atoms with van der Waals surface area (Å²) in [7, 11) is 0. The van der Waals surface area contributed by atoms with E-state index in [1.165, 1.54) is 29.3 Å². The molecular weight excluding hydrogens is 382 g/mol. The van der Waals surface area contributed by atoms with Crippen LogP contribution in [0.2, 0.25) is 0 Å². The Labute approximate surface area is 173 Å². The van der Waals surface area contributed by atoms with E-state index in [-0.39, 0.29) is 5.56 Å². The molecule has 0 spiro atoms. The van der Waals surface area contributed by atoms with Crippen LogP contribution in [-0.4, -0.2) is 19.2 Å². The number of benzene rings is 1. The van der Waals surface area contributed by atoms with Gasteiger partial charge in [0.15, 0.2) is 0 Å². The van der Waals surface area contributed by atoms with Gasteiger partial charge in [-0.1, -0.05) is 49.6 Å². The maximum Gasteiger partial charge on any atom is 0.284 e. The van der Waals surface area contributed by atoms with Gasteiger partial charge in [-0.15, -0.1) is 16.4 Å². The molecule has 0 radical (unpaired) electrons.